The summed E-state index contributed by atoms with van der Waals surface area (Å²) in [6, 6.07) is 15.4. The Hall–Kier alpha value is -1.25. The van der Waals surface area contributed by atoms with Crippen molar-refractivity contribution in [2.75, 3.05) is 0 Å². The van der Waals surface area contributed by atoms with Crippen LogP contribution in [0.5, 0.6) is 0 Å². The summed E-state index contributed by atoms with van der Waals surface area (Å²) in [5, 5.41) is 0. The number of hydrogen-bond donors (Lipinski definition) is 1. The summed E-state index contributed by atoms with van der Waals surface area (Å²) < 4.78 is 0. The zero-order valence-electron chi connectivity index (χ0n) is 11.1. The molecule has 19 heavy (non-hydrogen) atoms. The van der Waals surface area contributed by atoms with Crippen molar-refractivity contribution in [3.63, 3.8) is 0 Å². The van der Waals surface area contributed by atoms with Crippen LogP contribution in [-0.2, 0) is 19.4 Å². The van der Waals surface area contributed by atoms with Gasteiger partial charge in [0.25, 0.3) is 0 Å². The summed E-state index contributed by atoms with van der Waals surface area (Å²) in [6.07, 6.45) is 5.18. The zero-order chi connectivity index (χ0) is 13.1. The third-order valence-electron chi connectivity index (χ3n) is 3.69. The average molecular weight is 269 g/mol. The van der Waals surface area contributed by atoms with Gasteiger partial charge < -0.3 is 5.73 Å². The molecule has 3 rings (SSSR count). The highest BCUT2D eigenvalue weighted by Gasteiger charge is 2.09. The van der Waals surface area contributed by atoms with Crippen molar-refractivity contribution in [3.8, 4) is 0 Å². The second kappa shape index (κ2) is 5.81. The van der Waals surface area contributed by atoms with Gasteiger partial charge in [-0.15, -0.1) is 0 Å². The van der Waals surface area contributed by atoms with Crippen LogP contribution >= 0.6 is 11.8 Å². The molecule has 0 spiro atoms. The molecule has 0 bridgehead atoms. The smallest absolute Gasteiger partial charge is 0.0178 e. The van der Waals surface area contributed by atoms with Gasteiger partial charge in [0.05, 0.1) is 0 Å². The SMILES string of the molecule is NCc1cccc(Sc2ccc3c(c2)CCCC3)c1. The fourth-order valence-electron chi connectivity index (χ4n) is 2.65. The first kappa shape index (κ1) is 12.8. The summed E-state index contributed by atoms with van der Waals surface area (Å²) in [7, 11) is 0. The van der Waals surface area contributed by atoms with Crippen LogP contribution in [0.1, 0.15) is 29.5 Å². The second-order valence-electron chi connectivity index (χ2n) is 5.09. The lowest BCUT2D eigenvalue weighted by Crippen LogP contribution is -2.01. The summed E-state index contributed by atoms with van der Waals surface area (Å²) >= 11 is 1.83. The normalized spacial score (nSPS) is 14.2. The van der Waals surface area contributed by atoms with Crippen LogP contribution in [-0.4, -0.2) is 0 Å². The van der Waals surface area contributed by atoms with E-state index in [1.54, 1.807) is 11.1 Å². The number of hydrogen-bond acceptors (Lipinski definition) is 2. The predicted molar refractivity (Wildman–Crippen MR) is 81.5 cm³/mol. The standard InChI is InChI=1S/C17H19NS/c18-12-13-4-3-7-16(10-13)19-17-9-8-14-5-1-2-6-15(14)11-17/h3-4,7-11H,1-2,5-6,12,18H2. The third kappa shape index (κ3) is 3.02. The Morgan fingerprint density at radius 1 is 0.895 bits per heavy atom. The minimum Gasteiger partial charge on any atom is -0.326 e. The molecule has 2 N–H and O–H groups in total. The Morgan fingerprint density at radius 2 is 1.68 bits per heavy atom. The maximum Gasteiger partial charge on any atom is 0.0178 e. The molecule has 0 saturated heterocycles. The first-order valence-corrected chi connectivity index (χ1v) is 7.75. The highest BCUT2D eigenvalue weighted by molar-refractivity contribution is 7.99. The van der Waals surface area contributed by atoms with Crippen molar-refractivity contribution >= 4 is 11.8 Å². The Bertz CT molecular complexity index is 577. The molecule has 0 radical (unpaired) electrons. The lowest BCUT2D eigenvalue weighted by Gasteiger charge is -2.16. The number of aryl methyl sites for hydroxylation is 2. The number of benzene rings is 2. The van der Waals surface area contributed by atoms with Crippen molar-refractivity contribution < 1.29 is 0 Å². The molecule has 0 amide bonds. The van der Waals surface area contributed by atoms with Crippen LogP contribution in [0.3, 0.4) is 0 Å². The maximum atomic E-state index is 5.69. The van der Waals surface area contributed by atoms with E-state index >= 15 is 0 Å². The van der Waals surface area contributed by atoms with Gasteiger partial charge in [0.1, 0.15) is 0 Å². The zero-order valence-corrected chi connectivity index (χ0v) is 11.9. The van der Waals surface area contributed by atoms with E-state index in [4.69, 9.17) is 5.73 Å². The lowest BCUT2D eigenvalue weighted by atomic mass is 9.92. The Kier molecular flexibility index (Phi) is 3.90. The quantitative estimate of drug-likeness (QED) is 0.904. The summed E-state index contributed by atoms with van der Waals surface area (Å²) in [6.45, 7) is 0.610. The summed E-state index contributed by atoms with van der Waals surface area (Å²) in [4.78, 5) is 2.62. The lowest BCUT2D eigenvalue weighted by molar-refractivity contribution is 0.683. The highest BCUT2D eigenvalue weighted by Crippen LogP contribution is 2.31. The van der Waals surface area contributed by atoms with Crippen molar-refractivity contribution in [3.05, 3.63) is 59.2 Å². The molecule has 1 aliphatic carbocycles. The van der Waals surface area contributed by atoms with E-state index in [-0.39, 0.29) is 0 Å². The van der Waals surface area contributed by atoms with Crippen LogP contribution in [0.4, 0.5) is 0 Å². The molecule has 2 heteroatoms. The van der Waals surface area contributed by atoms with Crippen molar-refractivity contribution in [2.45, 2.75) is 42.0 Å². The molecule has 0 saturated carbocycles. The highest BCUT2D eigenvalue weighted by atomic mass is 32.2. The Morgan fingerprint density at radius 3 is 2.53 bits per heavy atom. The van der Waals surface area contributed by atoms with Crippen molar-refractivity contribution in [1.29, 1.82) is 0 Å². The minimum atomic E-state index is 0.610. The topological polar surface area (TPSA) is 26.0 Å². The van der Waals surface area contributed by atoms with Gasteiger partial charge in [-0.2, -0.15) is 0 Å². The van der Waals surface area contributed by atoms with E-state index in [1.165, 1.54) is 41.0 Å². The van der Waals surface area contributed by atoms with Crippen LogP contribution in [0.25, 0.3) is 0 Å². The molecule has 0 atom stereocenters. The first-order valence-electron chi connectivity index (χ1n) is 6.94. The van der Waals surface area contributed by atoms with Crippen LogP contribution in [0.2, 0.25) is 0 Å². The Balaban J connectivity index is 1.82. The van der Waals surface area contributed by atoms with Gasteiger partial charge >= 0.3 is 0 Å². The van der Waals surface area contributed by atoms with E-state index in [0.29, 0.717) is 6.54 Å². The number of rotatable bonds is 3. The van der Waals surface area contributed by atoms with E-state index in [2.05, 4.69) is 42.5 Å². The van der Waals surface area contributed by atoms with Gasteiger partial charge in [-0.1, -0.05) is 30.0 Å². The summed E-state index contributed by atoms with van der Waals surface area (Å²) in [5.74, 6) is 0. The fourth-order valence-corrected chi connectivity index (χ4v) is 3.61. The van der Waals surface area contributed by atoms with Crippen molar-refractivity contribution in [2.24, 2.45) is 5.73 Å². The largest absolute Gasteiger partial charge is 0.326 e. The van der Waals surface area contributed by atoms with E-state index in [9.17, 15) is 0 Å². The van der Waals surface area contributed by atoms with Gasteiger partial charge in [0.15, 0.2) is 0 Å². The molecule has 1 nitrogen and oxygen atoms in total. The predicted octanol–water partition coefficient (Wildman–Crippen LogP) is 4.18. The van der Waals surface area contributed by atoms with Gasteiger partial charge in [-0.25, -0.2) is 0 Å². The fraction of sp³-hybridized carbons (Fsp3) is 0.294. The third-order valence-corrected chi connectivity index (χ3v) is 4.67. The molecule has 0 heterocycles. The Labute approximate surface area is 119 Å². The molecule has 0 aromatic heterocycles. The molecule has 1 aliphatic rings. The molecule has 2 aromatic carbocycles. The van der Waals surface area contributed by atoms with Gasteiger partial charge in [-0.3, -0.25) is 0 Å². The van der Waals surface area contributed by atoms with Gasteiger partial charge in [0, 0.05) is 16.3 Å². The summed E-state index contributed by atoms with van der Waals surface area (Å²) in [5.41, 5.74) is 9.99. The molecule has 0 unspecified atom stereocenters. The van der Waals surface area contributed by atoms with Crippen molar-refractivity contribution in [1.82, 2.24) is 0 Å². The second-order valence-corrected chi connectivity index (χ2v) is 6.24. The molecule has 0 fully saturated rings. The van der Waals surface area contributed by atoms with Crippen LogP contribution in [0, 0.1) is 0 Å². The molecular weight excluding hydrogens is 250 g/mol. The van der Waals surface area contributed by atoms with E-state index in [1.807, 2.05) is 11.8 Å². The minimum absolute atomic E-state index is 0.610. The maximum absolute atomic E-state index is 5.69. The van der Waals surface area contributed by atoms with Crippen LogP contribution < -0.4 is 5.73 Å². The number of nitrogens with two attached hydrogens (primary N) is 1. The molecule has 0 aliphatic heterocycles. The first-order chi connectivity index (χ1) is 9.35. The molecule has 98 valence electrons. The average Bonchev–Trinajstić information content (AvgIpc) is 2.47. The molecular formula is C17H19NS. The monoisotopic (exact) mass is 269 g/mol. The molecule has 2 aromatic rings. The van der Waals surface area contributed by atoms with Crippen LogP contribution in [0.15, 0.2) is 52.3 Å². The van der Waals surface area contributed by atoms with E-state index < -0.39 is 0 Å². The number of fused-ring (bicyclic) bond motifs is 1. The van der Waals surface area contributed by atoms with Gasteiger partial charge in [0.2, 0.25) is 0 Å². The van der Waals surface area contributed by atoms with Gasteiger partial charge in [-0.05, 0) is 66.6 Å². The van der Waals surface area contributed by atoms with E-state index in [0.717, 1.165) is 0 Å².